The average Bonchev–Trinajstić information content (AvgIpc) is 2.58. The average molecular weight is 298 g/mol. The zero-order chi connectivity index (χ0) is 14.9. The molecule has 0 unspecified atom stereocenters. The van der Waals surface area contributed by atoms with Gasteiger partial charge in [0, 0.05) is 19.0 Å². The molecule has 0 aromatic carbocycles. The lowest BCUT2D eigenvalue weighted by Gasteiger charge is -2.35. The van der Waals surface area contributed by atoms with E-state index < -0.39 is 0 Å². The van der Waals surface area contributed by atoms with Gasteiger partial charge in [-0.05, 0) is 12.8 Å². The van der Waals surface area contributed by atoms with E-state index in [9.17, 15) is 4.79 Å². The first-order chi connectivity index (χ1) is 9.32. The van der Waals surface area contributed by atoms with Crippen molar-refractivity contribution in [1.29, 1.82) is 0 Å². The summed E-state index contributed by atoms with van der Waals surface area (Å²) in [6.45, 7) is 6.73. The van der Waals surface area contributed by atoms with Crippen molar-refractivity contribution in [2.45, 2.75) is 52.5 Å². The van der Waals surface area contributed by atoms with Gasteiger partial charge < -0.3 is 4.90 Å². The molecule has 1 fully saturated rings. The molecule has 0 aliphatic carbocycles. The number of rotatable bonds is 1. The monoisotopic (exact) mass is 297 g/mol. The Morgan fingerprint density at radius 1 is 1.35 bits per heavy atom. The molecule has 5 heteroatoms. The Bertz CT molecular complexity index is 470. The molecule has 0 N–H and O–H groups in total. The predicted molar refractivity (Wildman–Crippen MR) is 80.6 cm³/mol. The molecule has 0 saturated carbocycles. The molecule has 1 amide bonds. The zero-order valence-corrected chi connectivity index (χ0v) is 13.6. The first-order valence-electron chi connectivity index (χ1n) is 7.31. The van der Waals surface area contributed by atoms with Gasteiger partial charge in [-0.15, -0.1) is 0 Å². The molecule has 0 radical (unpaired) electrons. The van der Waals surface area contributed by atoms with Crippen molar-refractivity contribution in [1.82, 2.24) is 14.7 Å². The van der Waals surface area contributed by atoms with Crippen LogP contribution < -0.4 is 0 Å². The second-order valence-electron chi connectivity index (χ2n) is 6.62. The number of carbonyl (C=O) groups excluding carboxylic acids is 1. The summed E-state index contributed by atoms with van der Waals surface area (Å²) in [4.78, 5) is 14.8. The van der Waals surface area contributed by atoms with Gasteiger partial charge >= 0.3 is 0 Å². The third-order valence-electron chi connectivity index (χ3n) is 3.91. The van der Waals surface area contributed by atoms with Gasteiger partial charge in [-0.1, -0.05) is 45.2 Å². The van der Waals surface area contributed by atoms with E-state index in [1.165, 1.54) is 6.42 Å². The van der Waals surface area contributed by atoms with Gasteiger partial charge in [-0.25, -0.2) is 0 Å². The molecule has 0 bridgehead atoms. The van der Waals surface area contributed by atoms with Gasteiger partial charge in [0.1, 0.15) is 0 Å². The fraction of sp³-hybridized carbons (Fsp3) is 0.733. The first-order valence-corrected chi connectivity index (χ1v) is 7.68. The van der Waals surface area contributed by atoms with Crippen LogP contribution in [0, 0.1) is 5.41 Å². The van der Waals surface area contributed by atoms with Crippen molar-refractivity contribution >= 4 is 17.5 Å². The van der Waals surface area contributed by atoms with Gasteiger partial charge in [0.15, 0.2) is 0 Å². The summed E-state index contributed by atoms with van der Waals surface area (Å²) < 4.78 is 1.81. The van der Waals surface area contributed by atoms with Gasteiger partial charge in [0.2, 0.25) is 5.91 Å². The molecule has 1 atom stereocenters. The molecule has 112 valence electrons. The molecule has 4 nitrogen and oxygen atoms in total. The Labute approximate surface area is 126 Å². The van der Waals surface area contributed by atoms with Crippen molar-refractivity contribution < 1.29 is 4.79 Å². The smallest absolute Gasteiger partial charge is 0.228 e. The van der Waals surface area contributed by atoms with E-state index in [-0.39, 0.29) is 17.4 Å². The van der Waals surface area contributed by atoms with Crippen LogP contribution in [-0.4, -0.2) is 27.1 Å². The van der Waals surface area contributed by atoms with Crippen LogP contribution in [0.4, 0.5) is 0 Å². The van der Waals surface area contributed by atoms with Crippen molar-refractivity contribution in [3.63, 3.8) is 0 Å². The zero-order valence-electron chi connectivity index (χ0n) is 12.8. The molecule has 2 heterocycles. The maximum Gasteiger partial charge on any atom is 0.228 e. The van der Waals surface area contributed by atoms with E-state index in [1.807, 2.05) is 32.7 Å². The largest absolute Gasteiger partial charge is 0.334 e. The molecular weight excluding hydrogens is 274 g/mol. The van der Waals surface area contributed by atoms with E-state index in [2.05, 4.69) is 5.10 Å². The Balaban J connectivity index is 2.38. The van der Waals surface area contributed by atoms with Crippen molar-refractivity contribution in [3.05, 3.63) is 16.9 Å². The highest BCUT2D eigenvalue weighted by atomic mass is 35.5. The Hall–Kier alpha value is -1.03. The molecule has 1 aliphatic rings. The fourth-order valence-electron chi connectivity index (χ4n) is 2.86. The Morgan fingerprint density at radius 3 is 2.60 bits per heavy atom. The predicted octanol–water partition coefficient (Wildman–Crippen LogP) is 3.56. The number of hydrogen-bond acceptors (Lipinski definition) is 2. The van der Waals surface area contributed by atoms with Crippen LogP contribution in [0.5, 0.6) is 0 Å². The summed E-state index contributed by atoms with van der Waals surface area (Å²) in [6, 6.07) is 0.0456. The van der Waals surface area contributed by atoms with E-state index >= 15 is 0 Å². The van der Waals surface area contributed by atoms with Crippen LogP contribution in [0.1, 0.15) is 58.2 Å². The highest BCUT2D eigenvalue weighted by Gasteiger charge is 2.35. The number of carbonyl (C=O) groups is 1. The van der Waals surface area contributed by atoms with E-state index in [0.29, 0.717) is 5.02 Å². The second-order valence-corrected chi connectivity index (χ2v) is 7.02. The van der Waals surface area contributed by atoms with Gasteiger partial charge in [0.05, 0.1) is 23.0 Å². The maximum atomic E-state index is 12.8. The number of hydrogen-bond donors (Lipinski definition) is 0. The summed E-state index contributed by atoms with van der Waals surface area (Å²) in [6.07, 6.45) is 5.98. The van der Waals surface area contributed by atoms with E-state index in [0.717, 1.165) is 31.5 Å². The molecular formula is C15H24ClN3O. The lowest BCUT2D eigenvalue weighted by atomic mass is 9.93. The number of halogens is 1. The Morgan fingerprint density at radius 2 is 2.05 bits per heavy atom. The minimum Gasteiger partial charge on any atom is -0.334 e. The number of amides is 1. The second kappa shape index (κ2) is 5.76. The summed E-state index contributed by atoms with van der Waals surface area (Å²) in [7, 11) is 1.89. The van der Waals surface area contributed by atoms with Crippen LogP contribution in [-0.2, 0) is 11.8 Å². The summed E-state index contributed by atoms with van der Waals surface area (Å²) in [5.41, 5.74) is 0.597. The minimum atomic E-state index is -0.367. The maximum absolute atomic E-state index is 12.8. The molecule has 1 saturated heterocycles. The highest BCUT2D eigenvalue weighted by Crippen LogP contribution is 2.36. The Kier molecular flexibility index (Phi) is 4.43. The normalized spacial score (nSPS) is 20.9. The quantitative estimate of drug-likeness (QED) is 0.795. The van der Waals surface area contributed by atoms with Crippen molar-refractivity contribution in [3.8, 4) is 0 Å². The third kappa shape index (κ3) is 3.00. The molecule has 1 aliphatic heterocycles. The third-order valence-corrected chi connectivity index (χ3v) is 4.20. The minimum absolute atomic E-state index is 0.0456. The fourth-order valence-corrected chi connectivity index (χ4v) is 3.15. The summed E-state index contributed by atoms with van der Waals surface area (Å²) in [5, 5.41) is 4.88. The van der Waals surface area contributed by atoms with Crippen LogP contribution in [0.3, 0.4) is 0 Å². The highest BCUT2D eigenvalue weighted by molar-refractivity contribution is 6.31. The van der Waals surface area contributed by atoms with Crippen molar-refractivity contribution in [2.24, 2.45) is 12.5 Å². The number of aromatic nitrogens is 2. The lowest BCUT2D eigenvalue weighted by molar-refractivity contribution is -0.142. The van der Waals surface area contributed by atoms with Gasteiger partial charge in [-0.2, -0.15) is 5.10 Å². The van der Waals surface area contributed by atoms with Gasteiger partial charge in [0.25, 0.3) is 0 Å². The molecule has 0 spiro atoms. The molecule has 1 aromatic rings. The standard InChI is InChI=1S/C15H24ClN3O/c1-15(2,3)14(20)19-9-7-5-6-8-12(19)13-11(16)10-17-18(13)4/h10,12H,5-9H2,1-4H3/t12-/m0/s1. The van der Waals surface area contributed by atoms with Crippen molar-refractivity contribution in [2.75, 3.05) is 6.54 Å². The van der Waals surface area contributed by atoms with E-state index in [1.54, 1.807) is 10.9 Å². The van der Waals surface area contributed by atoms with Crippen LogP contribution >= 0.6 is 11.6 Å². The topological polar surface area (TPSA) is 38.1 Å². The SMILES string of the molecule is Cn1ncc(Cl)c1[C@@H]1CCCCCN1C(=O)C(C)(C)C. The molecule has 2 rings (SSSR count). The molecule has 20 heavy (non-hydrogen) atoms. The summed E-state index contributed by atoms with van der Waals surface area (Å²) >= 11 is 6.29. The number of aryl methyl sites for hydroxylation is 1. The summed E-state index contributed by atoms with van der Waals surface area (Å²) in [5.74, 6) is 0.196. The van der Waals surface area contributed by atoms with E-state index in [4.69, 9.17) is 11.6 Å². The number of likely N-dealkylation sites (tertiary alicyclic amines) is 1. The lowest BCUT2D eigenvalue weighted by Crippen LogP contribution is -2.42. The van der Waals surface area contributed by atoms with Gasteiger partial charge in [-0.3, -0.25) is 9.48 Å². The number of nitrogens with zero attached hydrogens (tertiary/aromatic N) is 3. The first kappa shape index (κ1) is 15.4. The molecule has 1 aromatic heterocycles. The van der Waals surface area contributed by atoms with Crippen LogP contribution in [0.2, 0.25) is 5.02 Å². The van der Waals surface area contributed by atoms with Crippen LogP contribution in [0.25, 0.3) is 0 Å². The van der Waals surface area contributed by atoms with Crippen LogP contribution in [0.15, 0.2) is 6.20 Å².